The highest BCUT2D eigenvalue weighted by molar-refractivity contribution is 5.28. The molecule has 0 spiro atoms. The van der Waals surface area contributed by atoms with E-state index in [1.54, 1.807) is 5.57 Å². The zero-order valence-electron chi connectivity index (χ0n) is 7.97. The van der Waals surface area contributed by atoms with Gasteiger partial charge >= 0.3 is 0 Å². The van der Waals surface area contributed by atoms with Crippen molar-refractivity contribution in [3.8, 4) is 0 Å². The van der Waals surface area contributed by atoms with Gasteiger partial charge in [0, 0.05) is 0 Å². The molecule has 1 saturated carbocycles. The number of rotatable bonds is 1. The molecule has 0 heterocycles. The number of hydrogen-bond acceptors (Lipinski definition) is 0. The molecule has 0 unspecified atom stereocenters. The van der Waals surface area contributed by atoms with Crippen molar-refractivity contribution < 1.29 is 0 Å². The Morgan fingerprint density at radius 2 is 1.92 bits per heavy atom. The first kappa shape index (κ1) is 8.10. The van der Waals surface area contributed by atoms with Crippen LogP contribution in [0.5, 0.6) is 0 Å². The molecule has 0 amide bonds. The summed E-state index contributed by atoms with van der Waals surface area (Å²) in [4.78, 5) is 0. The third-order valence-electron chi connectivity index (χ3n) is 3.50. The summed E-state index contributed by atoms with van der Waals surface area (Å²) in [5.41, 5.74) is 2.24. The van der Waals surface area contributed by atoms with E-state index in [4.69, 9.17) is 0 Å². The van der Waals surface area contributed by atoms with Crippen molar-refractivity contribution in [3.63, 3.8) is 0 Å². The molecular weight excluding hydrogens is 144 g/mol. The average Bonchev–Trinajstić information content (AvgIpc) is 2.58. The first-order valence-corrected chi connectivity index (χ1v) is 5.17. The Balaban J connectivity index is 2.08. The van der Waals surface area contributed by atoms with Crippen LogP contribution in [-0.4, -0.2) is 0 Å². The zero-order valence-corrected chi connectivity index (χ0v) is 7.97. The maximum absolute atomic E-state index is 2.45. The number of allylic oxidation sites excluding steroid dienone is 4. The molecule has 0 heteroatoms. The minimum atomic E-state index is 0.557. The van der Waals surface area contributed by atoms with Crippen LogP contribution in [0.25, 0.3) is 0 Å². The van der Waals surface area contributed by atoms with Gasteiger partial charge in [-0.1, -0.05) is 50.0 Å². The first-order valence-electron chi connectivity index (χ1n) is 5.17. The molecule has 1 fully saturated rings. The van der Waals surface area contributed by atoms with Gasteiger partial charge in [0.15, 0.2) is 0 Å². The largest absolute Gasteiger partial charge is 0.0804 e. The molecule has 0 aliphatic heterocycles. The van der Waals surface area contributed by atoms with Crippen LogP contribution >= 0.6 is 0 Å². The SMILES string of the molecule is CC1(C2=CC=CC2)CCCCC1. The summed E-state index contributed by atoms with van der Waals surface area (Å²) >= 11 is 0. The lowest BCUT2D eigenvalue weighted by Gasteiger charge is -2.35. The van der Waals surface area contributed by atoms with Gasteiger partial charge in [-0.25, -0.2) is 0 Å². The fourth-order valence-corrected chi connectivity index (χ4v) is 2.55. The van der Waals surface area contributed by atoms with E-state index in [1.165, 1.54) is 38.5 Å². The maximum Gasteiger partial charge on any atom is -0.0110 e. The monoisotopic (exact) mass is 162 g/mol. The molecule has 0 atom stereocenters. The lowest BCUT2D eigenvalue weighted by atomic mass is 9.70. The minimum absolute atomic E-state index is 0.557. The van der Waals surface area contributed by atoms with Crippen LogP contribution in [0.4, 0.5) is 0 Å². The molecule has 0 nitrogen and oxygen atoms in total. The van der Waals surface area contributed by atoms with Gasteiger partial charge in [0.1, 0.15) is 0 Å². The smallest absolute Gasteiger partial charge is 0.0110 e. The topological polar surface area (TPSA) is 0 Å². The summed E-state index contributed by atoms with van der Waals surface area (Å²) in [6.45, 7) is 2.45. The molecule has 2 rings (SSSR count). The van der Waals surface area contributed by atoms with Crippen LogP contribution in [0, 0.1) is 5.41 Å². The molecule has 0 aromatic rings. The predicted octanol–water partition coefficient (Wildman–Crippen LogP) is 3.84. The summed E-state index contributed by atoms with van der Waals surface area (Å²) in [7, 11) is 0. The molecule has 0 aromatic heterocycles. The highest BCUT2D eigenvalue weighted by Crippen LogP contribution is 2.44. The second kappa shape index (κ2) is 3.08. The lowest BCUT2D eigenvalue weighted by Crippen LogP contribution is -2.21. The van der Waals surface area contributed by atoms with Gasteiger partial charge in [0.25, 0.3) is 0 Å². The van der Waals surface area contributed by atoms with Gasteiger partial charge in [-0.05, 0) is 24.7 Å². The molecule has 0 saturated heterocycles. The molecule has 12 heavy (non-hydrogen) atoms. The van der Waals surface area contributed by atoms with E-state index >= 15 is 0 Å². The Kier molecular flexibility index (Phi) is 2.08. The van der Waals surface area contributed by atoms with Crippen molar-refractivity contribution in [2.75, 3.05) is 0 Å². The molecular formula is C12H18. The van der Waals surface area contributed by atoms with Crippen molar-refractivity contribution in [3.05, 3.63) is 23.8 Å². The zero-order chi connectivity index (χ0) is 8.44. The van der Waals surface area contributed by atoms with Crippen LogP contribution in [0.3, 0.4) is 0 Å². The molecule has 0 radical (unpaired) electrons. The summed E-state index contributed by atoms with van der Waals surface area (Å²) in [5, 5.41) is 0. The summed E-state index contributed by atoms with van der Waals surface area (Å²) in [6, 6.07) is 0. The molecule has 2 aliphatic carbocycles. The van der Waals surface area contributed by atoms with Crippen molar-refractivity contribution in [2.24, 2.45) is 5.41 Å². The third kappa shape index (κ3) is 1.35. The maximum atomic E-state index is 2.45. The Labute approximate surface area is 75.4 Å². The van der Waals surface area contributed by atoms with Crippen LogP contribution in [-0.2, 0) is 0 Å². The van der Waals surface area contributed by atoms with Crippen molar-refractivity contribution in [2.45, 2.75) is 45.4 Å². The van der Waals surface area contributed by atoms with Crippen molar-refractivity contribution in [1.29, 1.82) is 0 Å². The normalized spacial score (nSPS) is 27.2. The predicted molar refractivity (Wildman–Crippen MR) is 53.0 cm³/mol. The Bertz CT molecular complexity index is 214. The van der Waals surface area contributed by atoms with Crippen LogP contribution < -0.4 is 0 Å². The molecule has 0 N–H and O–H groups in total. The molecule has 2 aliphatic rings. The number of hydrogen-bond donors (Lipinski definition) is 0. The first-order chi connectivity index (χ1) is 5.81. The van der Waals surface area contributed by atoms with E-state index in [0.717, 1.165) is 0 Å². The molecule has 0 aromatic carbocycles. The average molecular weight is 162 g/mol. The standard InChI is InChI=1S/C12H18/c1-12(9-5-2-6-10-12)11-7-3-4-8-11/h3-4,7H,2,5-6,8-10H2,1H3. The van der Waals surface area contributed by atoms with Crippen LogP contribution in [0.1, 0.15) is 45.4 Å². The van der Waals surface area contributed by atoms with E-state index in [2.05, 4.69) is 25.2 Å². The van der Waals surface area contributed by atoms with Crippen molar-refractivity contribution in [1.82, 2.24) is 0 Å². The lowest BCUT2D eigenvalue weighted by molar-refractivity contribution is 0.264. The Morgan fingerprint density at radius 3 is 2.50 bits per heavy atom. The highest BCUT2D eigenvalue weighted by atomic mass is 14.3. The quantitative estimate of drug-likeness (QED) is 0.549. The van der Waals surface area contributed by atoms with Crippen molar-refractivity contribution >= 4 is 0 Å². The second-order valence-corrected chi connectivity index (χ2v) is 4.45. The van der Waals surface area contributed by atoms with E-state index in [-0.39, 0.29) is 0 Å². The van der Waals surface area contributed by atoms with E-state index in [1.807, 2.05) is 0 Å². The van der Waals surface area contributed by atoms with Gasteiger partial charge in [-0.3, -0.25) is 0 Å². The fourth-order valence-electron chi connectivity index (χ4n) is 2.55. The molecule has 66 valence electrons. The molecule has 0 bridgehead atoms. The van der Waals surface area contributed by atoms with Gasteiger partial charge in [-0.2, -0.15) is 0 Å². The third-order valence-corrected chi connectivity index (χ3v) is 3.50. The van der Waals surface area contributed by atoms with E-state index < -0.39 is 0 Å². The van der Waals surface area contributed by atoms with Crippen LogP contribution in [0.15, 0.2) is 23.8 Å². The summed E-state index contributed by atoms with van der Waals surface area (Å²) in [5.74, 6) is 0. The Hall–Kier alpha value is -0.520. The Morgan fingerprint density at radius 1 is 1.17 bits per heavy atom. The minimum Gasteiger partial charge on any atom is -0.0804 e. The van der Waals surface area contributed by atoms with Crippen LogP contribution in [0.2, 0.25) is 0 Å². The van der Waals surface area contributed by atoms with E-state index in [9.17, 15) is 0 Å². The second-order valence-electron chi connectivity index (χ2n) is 4.45. The van der Waals surface area contributed by atoms with Gasteiger partial charge in [0.05, 0.1) is 0 Å². The highest BCUT2D eigenvalue weighted by Gasteiger charge is 2.30. The van der Waals surface area contributed by atoms with Gasteiger partial charge in [-0.15, -0.1) is 0 Å². The summed E-state index contributed by atoms with van der Waals surface area (Å²) in [6.07, 6.45) is 15.2. The fraction of sp³-hybridized carbons (Fsp3) is 0.667. The van der Waals surface area contributed by atoms with Gasteiger partial charge < -0.3 is 0 Å². The van der Waals surface area contributed by atoms with E-state index in [0.29, 0.717) is 5.41 Å². The van der Waals surface area contributed by atoms with Gasteiger partial charge in [0.2, 0.25) is 0 Å². The summed E-state index contributed by atoms with van der Waals surface area (Å²) < 4.78 is 0.